The minimum Gasteiger partial charge on any atom is -0.494 e. The molecule has 3 aromatic rings. The zero-order valence-electron chi connectivity index (χ0n) is 20.9. The van der Waals surface area contributed by atoms with Crippen molar-refractivity contribution in [3.05, 3.63) is 89.0 Å². The minimum absolute atomic E-state index is 0.227. The summed E-state index contributed by atoms with van der Waals surface area (Å²) in [6.07, 6.45) is 1.42. The van der Waals surface area contributed by atoms with Gasteiger partial charge in [-0.1, -0.05) is 18.2 Å². The Hall–Kier alpha value is -4.66. The number of ether oxygens (including phenoxy) is 3. The fourth-order valence-electron chi connectivity index (χ4n) is 3.27. The molecule has 0 heterocycles. The van der Waals surface area contributed by atoms with Crippen LogP contribution >= 0.6 is 0 Å². The van der Waals surface area contributed by atoms with Crippen LogP contribution in [0.4, 0.5) is 0 Å². The van der Waals surface area contributed by atoms with Gasteiger partial charge in [0.15, 0.2) is 11.5 Å². The van der Waals surface area contributed by atoms with Gasteiger partial charge >= 0.3 is 5.97 Å². The Morgan fingerprint density at radius 2 is 1.62 bits per heavy atom. The van der Waals surface area contributed by atoms with E-state index in [-0.39, 0.29) is 18.2 Å². The molecule has 2 N–H and O–H groups in total. The van der Waals surface area contributed by atoms with Crippen molar-refractivity contribution in [3.8, 4) is 17.2 Å². The Balaban J connectivity index is 1.57. The molecule has 0 aliphatic heterocycles. The zero-order valence-corrected chi connectivity index (χ0v) is 20.9. The number of carbonyl (C=O) groups is 3. The fraction of sp³-hybridized carbons (Fsp3) is 0.214. The van der Waals surface area contributed by atoms with Crippen LogP contribution in [-0.4, -0.2) is 43.8 Å². The van der Waals surface area contributed by atoms with Crippen molar-refractivity contribution in [2.45, 2.75) is 20.8 Å². The second-order valence-electron chi connectivity index (χ2n) is 7.78. The maximum atomic E-state index is 12.6. The highest BCUT2D eigenvalue weighted by molar-refractivity contribution is 5.97. The van der Waals surface area contributed by atoms with E-state index >= 15 is 0 Å². The Morgan fingerprint density at radius 1 is 0.892 bits per heavy atom. The van der Waals surface area contributed by atoms with Gasteiger partial charge in [0.1, 0.15) is 5.75 Å². The second-order valence-corrected chi connectivity index (χ2v) is 7.78. The Morgan fingerprint density at radius 3 is 2.32 bits per heavy atom. The summed E-state index contributed by atoms with van der Waals surface area (Å²) in [5.74, 6) is -0.0923. The number of amides is 2. The van der Waals surface area contributed by atoms with Crippen LogP contribution < -0.4 is 25.0 Å². The number of nitrogens with zero attached hydrogens (tertiary/aromatic N) is 1. The minimum atomic E-state index is -0.537. The van der Waals surface area contributed by atoms with Gasteiger partial charge in [0.05, 0.1) is 31.5 Å². The standard InChI is InChI=1S/C28H29N3O6/c1-4-35-22-13-11-21(12-14-22)28(34)37-24-15-10-20(16-25(24)36-5-2)17-30-31-26(32)18-29-27(33)23-9-7-6-8-19(23)3/h6-17H,4-5,18H2,1-3H3,(H,29,33)(H,31,32)/b30-17+. The van der Waals surface area contributed by atoms with Crippen LogP contribution in [0.5, 0.6) is 17.2 Å². The highest BCUT2D eigenvalue weighted by Crippen LogP contribution is 2.29. The maximum Gasteiger partial charge on any atom is 0.343 e. The third-order valence-electron chi connectivity index (χ3n) is 5.07. The number of carbonyl (C=O) groups excluding carboxylic acids is 3. The van der Waals surface area contributed by atoms with Crippen molar-refractivity contribution in [2.24, 2.45) is 5.10 Å². The lowest BCUT2D eigenvalue weighted by Gasteiger charge is -2.11. The first kappa shape index (κ1) is 26.9. The van der Waals surface area contributed by atoms with E-state index in [1.165, 1.54) is 6.21 Å². The number of hydrazone groups is 1. The van der Waals surface area contributed by atoms with E-state index in [1.54, 1.807) is 54.6 Å². The van der Waals surface area contributed by atoms with Gasteiger partial charge in [0.25, 0.3) is 11.8 Å². The third-order valence-corrected chi connectivity index (χ3v) is 5.07. The van der Waals surface area contributed by atoms with Gasteiger partial charge < -0.3 is 19.5 Å². The normalized spacial score (nSPS) is 10.6. The number of rotatable bonds is 11. The van der Waals surface area contributed by atoms with Crippen LogP contribution in [0.3, 0.4) is 0 Å². The smallest absolute Gasteiger partial charge is 0.343 e. The first-order valence-electron chi connectivity index (χ1n) is 11.8. The fourth-order valence-corrected chi connectivity index (χ4v) is 3.27. The average molecular weight is 504 g/mol. The topological polar surface area (TPSA) is 115 Å². The average Bonchev–Trinajstić information content (AvgIpc) is 2.89. The first-order valence-corrected chi connectivity index (χ1v) is 11.8. The highest BCUT2D eigenvalue weighted by Gasteiger charge is 2.14. The van der Waals surface area contributed by atoms with E-state index in [0.717, 1.165) is 5.56 Å². The van der Waals surface area contributed by atoms with Gasteiger partial charge in [0.2, 0.25) is 0 Å². The Kier molecular flexibility index (Phi) is 9.78. The van der Waals surface area contributed by atoms with Gasteiger partial charge in [-0.3, -0.25) is 9.59 Å². The molecule has 0 spiro atoms. The van der Waals surface area contributed by atoms with Crippen molar-refractivity contribution in [2.75, 3.05) is 19.8 Å². The van der Waals surface area contributed by atoms with E-state index in [4.69, 9.17) is 14.2 Å². The molecule has 0 atom stereocenters. The lowest BCUT2D eigenvalue weighted by atomic mass is 10.1. The molecule has 9 nitrogen and oxygen atoms in total. The van der Waals surface area contributed by atoms with Gasteiger partial charge in [-0.15, -0.1) is 0 Å². The highest BCUT2D eigenvalue weighted by atomic mass is 16.6. The van der Waals surface area contributed by atoms with Gasteiger partial charge in [-0.2, -0.15) is 5.10 Å². The molecule has 0 saturated carbocycles. The molecule has 9 heteroatoms. The van der Waals surface area contributed by atoms with E-state index in [9.17, 15) is 14.4 Å². The Labute approximate surface area is 215 Å². The SMILES string of the molecule is CCOc1ccc(C(=O)Oc2ccc(/C=N/NC(=O)CNC(=O)c3ccccc3C)cc2OCC)cc1. The van der Waals surface area contributed by atoms with Crippen LogP contribution in [0.1, 0.15) is 45.7 Å². The van der Waals surface area contributed by atoms with Crippen LogP contribution in [-0.2, 0) is 4.79 Å². The predicted octanol–water partition coefficient (Wildman–Crippen LogP) is 3.89. The molecule has 0 radical (unpaired) electrons. The van der Waals surface area contributed by atoms with Crippen molar-refractivity contribution < 1.29 is 28.6 Å². The largest absolute Gasteiger partial charge is 0.494 e. The summed E-state index contributed by atoms with van der Waals surface area (Å²) in [5.41, 5.74) is 4.66. The molecule has 0 aliphatic carbocycles. The molecule has 3 rings (SSSR count). The number of hydrogen-bond acceptors (Lipinski definition) is 7. The van der Waals surface area contributed by atoms with E-state index in [2.05, 4.69) is 15.8 Å². The lowest BCUT2D eigenvalue weighted by Crippen LogP contribution is -2.35. The molecule has 0 unspecified atom stereocenters. The molecule has 0 aliphatic rings. The van der Waals surface area contributed by atoms with E-state index in [1.807, 2.05) is 32.9 Å². The summed E-state index contributed by atoms with van der Waals surface area (Å²) in [6.45, 7) is 6.17. The molecule has 0 bridgehead atoms. The predicted molar refractivity (Wildman–Crippen MR) is 139 cm³/mol. The number of esters is 1. The number of benzene rings is 3. The van der Waals surface area contributed by atoms with Crippen molar-refractivity contribution in [1.29, 1.82) is 0 Å². The zero-order chi connectivity index (χ0) is 26.6. The van der Waals surface area contributed by atoms with E-state index in [0.29, 0.717) is 41.4 Å². The number of aryl methyl sites for hydroxylation is 1. The summed E-state index contributed by atoms with van der Waals surface area (Å²) in [6, 6.07) is 18.6. The van der Waals surface area contributed by atoms with Crippen molar-refractivity contribution in [1.82, 2.24) is 10.7 Å². The molecule has 0 saturated heterocycles. The van der Waals surface area contributed by atoms with Gasteiger partial charge in [-0.25, -0.2) is 10.2 Å². The molecule has 192 valence electrons. The third kappa shape index (κ3) is 7.93. The van der Waals surface area contributed by atoms with Crippen LogP contribution in [0.2, 0.25) is 0 Å². The molecule has 37 heavy (non-hydrogen) atoms. The van der Waals surface area contributed by atoms with Gasteiger partial charge in [0, 0.05) is 5.56 Å². The van der Waals surface area contributed by atoms with Gasteiger partial charge in [-0.05, 0) is 80.4 Å². The molecular formula is C28H29N3O6. The summed E-state index contributed by atoms with van der Waals surface area (Å²) >= 11 is 0. The Bertz CT molecular complexity index is 1270. The number of hydrogen-bond donors (Lipinski definition) is 2. The van der Waals surface area contributed by atoms with Crippen LogP contribution in [0, 0.1) is 6.92 Å². The molecule has 3 aromatic carbocycles. The van der Waals surface area contributed by atoms with Crippen molar-refractivity contribution in [3.63, 3.8) is 0 Å². The quantitative estimate of drug-likeness (QED) is 0.178. The maximum absolute atomic E-state index is 12.6. The summed E-state index contributed by atoms with van der Waals surface area (Å²) < 4.78 is 16.5. The molecule has 0 aromatic heterocycles. The van der Waals surface area contributed by atoms with E-state index < -0.39 is 11.9 Å². The van der Waals surface area contributed by atoms with Crippen LogP contribution in [0.25, 0.3) is 0 Å². The molecule has 0 fully saturated rings. The molecule has 2 amide bonds. The summed E-state index contributed by atoms with van der Waals surface area (Å²) in [4.78, 5) is 36.8. The summed E-state index contributed by atoms with van der Waals surface area (Å²) in [7, 11) is 0. The number of nitrogens with one attached hydrogen (secondary N) is 2. The monoisotopic (exact) mass is 503 g/mol. The van der Waals surface area contributed by atoms with Crippen LogP contribution in [0.15, 0.2) is 71.8 Å². The first-order chi connectivity index (χ1) is 17.9. The lowest BCUT2D eigenvalue weighted by molar-refractivity contribution is -0.120. The second kappa shape index (κ2) is 13.4. The molecular weight excluding hydrogens is 474 g/mol. The van der Waals surface area contributed by atoms with Crippen molar-refractivity contribution >= 4 is 24.0 Å². The summed E-state index contributed by atoms with van der Waals surface area (Å²) in [5, 5.41) is 6.48.